The van der Waals surface area contributed by atoms with Crippen LogP contribution >= 0.6 is 24.0 Å². The Balaban J connectivity index is 2.40. The lowest BCUT2D eigenvalue weighted by atomic mass is 10.4. The molecule has 0 aliphatic heterocycles. The lowest BCUT2D eigenvalue weighted by Gasteiger charge is -2.20. The third-order valence-corrected chi connectivity index (χ3v) is 3.65. The molecule has 0 aliphatic rings. The molecule has 0 N–H and O–H groups in total. The van der Waals surface area contributed by atoms with Crippen LogP contribution < -0.4 is 0 Å². The molecule has 0 aromatic carbocycles. The van der Waals surface area contributed by atoms with Gasteiger partial charge in [-0.25, -0.2) is 0 Å². The highest BCUT2D eigenvalue weighted by atomic mass is 32.2. The van der Waals surface area contributed by atoms with E-state index in [4.69, 9.17) is 12.2 Å². The third kappa shape index (κ3) is 4.18. The molecule has 0 unspecified atom stereocenters. The fourth-order valence-electron chi connectivity index (χ4n) is 1.19. The van der Waals surface area contributed by atoms with Crippen molar-refractivity contribution in [3.05, 3.63) is 30.1 Å². The van der Waals surface area contributed by atoms with Gasteiger partial charge in [-0.2, -0.15) is 0 Å². The Morgan fingerprint density at radius 1 is 1.40 bits per heavy atom. The quantitative estimate of drug-likeness (QED) is 0.752. The Morgan fingerprint density at radius 3 is 2.67 bits per heavy atom. The summed E-state index contributed by atoms with van der Waals surface area (Å²) in [4.78, 5) is 6.45. The van der Waals surface area contributed by atoms with Crippen LogP contribution in [0.5, 0.6) is 0 Å². The summed E-state index contributed by atoms with van der Waals surface area (Å²) in [5.74, 6) is 0.857. The SMILES string of the molecule is CCN(CC)C(=S)SCc1ccccn1. The smallest absolute Gasteiger partial charge is 0.136 e. The summed E-state index contributed by atoms with van der Waals surface area (Å²) in [5, 5.41) is 0. The van der Waals surface area contributed by atoms with Gasteiger partial charge in [0.25, 0.3) is 0 Å². The molecule has 0 aliphatic carbocycles. The summed E-state index contributed by atoms with van der Waals surface area (Å²) in [6.45, 7) is 6.20. The van der Waals surface area contributed by atoms with Crippen LogP contribution in [0.3, 0.4) is 0 Å². The van der Waals surface area contributed by atoms with E-state index >= 15 is 0 Å². The summed E-state index contributed by atoms with van der Waals surface area (Å²) in [7, 11) is 0. The first kappa shape index (κ1) is 12.5. The molecule has 0 bridgehead atoms. The van der Waals surface area contributed by atoms with Gasteiger partial charge in [0.1, 0.15) is 4.32 Å². The maximum atomic E-state index is 5.33. The topological polar surface area (TPSA) is 16.1 Å². The molecule has 0 amide bonds. The van der Waals surface area contributed by atoms with E-state index in [0.29, 0.717) is 0 Å². The molecule has 0 saturated heterocycles. The van der Waals surface area contributed by atoms with Gasteiger partial charge in [0.05, 0.1) is 5.69 Å². The first-order chi connectivity index (χ1) is 7.27. The number of thiocarbonyl (C=S) groups is 1. The van der Waals surface area contributed by atoms with Crippen molar-refractivity contribution < 1.29 is 0 Å². The van der Waals surface area contributed by atoms with E-state index in [2.05, 4.69) is 23.7 Å². The van der Waals surface area contributed by atoms with Crippen LogP contribution in [-0.2, 0) is 5.75 Å². The second-order valence-electron chi connectivity index (χ2n) is 3.05. The minimum Gasteiger partial charge on any atom is -0.358 e. The zero-order valence-electron chi connectivity index (χ0n) is 9.14. The van der Waals surface area contributed by atoms with Gasteiger partial charge in [-0.15, -0.1) is 0 Å². The normalized spacial score (nSPS) is 10.0. The molecule has 2 nitrogen and oxygen atoms in total. The van der Waals surface area contributed by atoms with Crippen LogP contribution in [0.2, 0.25) is 0 Å². The predicted molar refractivity (Wildman–Crippen MR) is 71.1 cm³/mol. The maximum Gasteiger partial charge on any atom is 0.136 e. The molecular formula is C11H16N2S2. The summed E-state index contributed by atoms with van der Waals surface area (Å²) in [6, 6.07) is 5.96. The molecular weight excluding hydrogens is 224 g/mol. The van der Waals surface area contributed by atoms with Crippen LogP contribution in [0.1, 0.15) is 19.5 Å². The molecule has 0 fully saturated rings. The highest BCUT2D eigenvalue weighted by Crippen LogP contribution is 2.14. The van der Waals surface area contributed by atoms with Crippen molar-refractivity contribution in [2.45, 2.75) is 19.6 Å². The van der Waals surface area contributed by atoms with E-state index in [1.54, 1.807) is 11.8 Å². The molecule has 0 saturated carbocycles. The van der Waals surface area contributed by atoms with Gasteiger partial charge in [0.15, 0.2) is 0 Å². The molecule has 0 spiro atoms. The first-order valence-corrected chi connectivity index (χ1v) is 6.49. The molecule has 1 aromatic rings. The number of thioether (sulfide) groups is 1. The highest BCUT2D eigenvalue weighted by Gasteiger charge is 2.05. The average Bonchev–Trinajstić information content (AvgIpc) is 2.29. The van der Waals surface area contributed by atoms with Gasteiger partial charge in [-0.05, 0) is 26.0 Å². The molecule has 82 valence electrons. The number of pyridine rings is 1. The molecule has 0 atom stereocenters. The largest absolute Gasteiger partial charge is 0.358 e. The van der Waals surface area contributed by atoms with Crippen LogP contribution in [0.4, 0.5) is 0 Å². The number of nitrogens with zero attached hydrogens (tertiary/aromatic N) is 2. The minimum atomic E-state index is 0.857. The lowest BCUT2D eigenvalue weighted by molar-refractivity contribution is 0.482. The standard InChI is InChI=1S/C11H16N2S2/c1-3-13(4-2)11(14)15-9-10-7-5-6-8-12-10/h5-8H,3-4,9H2,1-2H3. The zero-order valence-corrected chi connectivity index (χ0v) is 10.8. The van der Waals surface area contributed by atoms with Crippen molar-refractivity contribution in [3.8, 4) is 0 Å². The first-order valence-electron chi connectivity index (χ1n) is 5.09. The van der Waals surface area contributed by atoms with E-state index in [0.717, 1.165) is 28.9 Å². The fourth-order valence-corrected chi connectivity index (χ4v) is 2.51. The van der Waals surface area contributed by atoms with Gasteiger partial charge in [-0.1, -0.05) is 30.0 Å². The average molecular weight is 240 g/mol. The Hall–Kier alpha value is -0.610. The van der Waals surface area contributed by atoms with Crippen molar-refractivity contribution in [2.75, 3.05) is 13.1 Å². The number of rotatable bonds is 4. The van der Waals surface area contributed by atoms with E-state index in [9.17, 15) is 0 Å². The van der Waals surface area contributed by atoms with Gasteiger partial charge in [0, 0.05) is 25.0 Å². The van der Waals surface area contributed by atoms with Crippen molar-refractivity contribution in [2.24, 2.45) is 0 Å². The lowest BCUT2D eigenvalue weighted by Crippen LogP contribution is -2.26. The van der Waals surface area contributed by atoms with Crippen LogP contribution in [-0.4, -0.2) is 27.3 Å². The molecule has 15 heavy (non-hydrogen) atoms. The summed E-state index contributed by atoms with van der Waals surface area (Å²) in [5.41, 5.74) is 1.08. The number of hydrogen-bond donors (Lipinski definition) is 0. The summed E-state index contributed by atoms with van der Waals surface area (Å²) >= 11 is 7.02. The monoisotopic (exact) mass is 240 g/mol. The Bertz CT molecular complexity index is 297. The van der Waals surface area contributed by atoms with Crippen LogP contribution in [0.25, 0.3) is 0 Å². The minimum absolute atomic E-state index is 0.857. The molecule has 0 radical (unpaired) electrons. The van der Waals surface area contributed by atoms with Gasteiger partial charge >= 0.3 is 0 Å². The van der Waals surface area contributed by atoms with Crippen molar-refractivity contribution in [1.82, 2.24) is 9.88 Å². The van der Waals surface area contributed by atoms with E-state index in [1.807, 2.05) is 24.4 Å². The molecule has 1 rings (SSSR count). The highest BCUT2D eigenvalue weighted by molar-refractivity contribution is 8.22. The Labute approximate surface area is 101 Å². The zero-order chi connectivity index (χ0) is 11.1. The second kappa shape index (κ2) is 6.80. The maximum absolute atomic E-state index is 5.33. The van der Waals surface area contributed by atoms with Crippen molar-refractivity contribution >= 4 is 28.3 Å². The molecule has 1 aromatic heterocycles. The van der Waals surface area contributed by atoms with Crippen molar-refractivity contribution in [1.29, 1.82) is 0 Å². The summed E-state index contributed by atoms with van der Waals surface area (Å²) < 4.78 is 0.964. The van der Waals surface area contributed by atoms with E-state index in [1.165, 1.54) is 0 Å². The predicted octanol–water partition coefficient (Wildman–Crippen LogP) is 2.94. The van der Waals surface area contributed by atoms with E-state index < -0.39 is 0 Å². The number of aromatic nitrogens is 1. The summed E-state index contributed by atoms with van der Waals surface area (Å²) in [6.07, 6.45) is 1.82. The van der Waals surface area contributed by atoms with Gasteiger partial charge in [0.2, 0.25) is 0 Å². The Kier molecular flexibility index (Phi) is 5.65. The molecule has 4 heteroatoms. The second-order valence-corrected chi connectivity index (χ2v) is 4.66. The number of hydrogen-bond acceptors (Lipinski definition) is 3. The Morgan fingerprint density at radius 2 is 2.13 bits per heavy atom. The van der Waals surface area contributed by atoms with Crippen molar-refractivity contribution in [3.63, 3.8) is 0 Å². The van der Waals surface area contributed by atoms with Crippen LogP contribution in [0.15, 0.2) is 24.4 Å². The third-order valence-electron chi connectivity index (χ3n) is 2.09. The van der Waals surface area contributed by atoms with Gasteiger partial charge < -0.3 is 4.90 Å². The fraction of sp³-hybridized carbons (Fsp3) is 0.455. The van der Waals surface area contributed by atoms with E-state index in [-0.39, 0.29) is 0 Å². The molecule has 1 heterocycles. The van der Waals surface area contributed by atoms with Crippen LogP contribution in [0, 0.1) is 0 Å². The van der Waals surface area contributed by atoms with Gasteiger partial charge in [-0.3, -0.25) is 4.98 Å².